The van der Waals surface area contributed by atoms with Crippen LogP contribution >= 0.6 is 0 Å². The van der Waals surface area contributed by atoms with E-state index in [0.717, 1.165) is 6.42 Å². The highest BCUT2D eigenvalue weighted by molar-refractivity contribution is 5.55. The molecule has 1 aromatic rings. The number of allylic oxidation sites excluding steroid dienone is 1. The Balaban J connectivity index is 3.38. The molecule has 0 aliphatic rings. The fourth-order valence-corrected chi connectivity index (χ4v) is 2.05. The largest absolute Gasteiger partial charge is 0.416 e. The second-order valence-electron chi connectivity index (χ2n) is 5.53. The number of hydrogen-bond acceptors (Lipinski definition) is 2. The highest BCUT2D eigenvalue weighted by Gasteiger charge is 2.31. The molecule has 0 aromatic heterocycles. The molecule has 0 saturated heterocycles. The number of hydrogen-bond donors (Lipinski definition) is 1. The molecule has 0 heterocycles. The molecule has 2 N–H and O–H groups in total. The van der Waals surface area contributed by atoms with Crippen molar-refractivity contribution < 1.29 is 13.2 Å². The van der Waals surface area contributed by atoms with Gasteiger partial charge in [-0.15, -0.1) is 0 Å². The molecule has 0 fully saturated rings. The summed E-state index contributed by atoms with van der Waals surface area (Å²) in [7, 11) is 0. The van der Waals surface area contributed by atoms with Gasteiger partial charge in [0.25, 0.3) is 0 Å². The third-order valence-corrected chi connectivity index (χ3v) is 3.09. The maximum atomic E-state index is 13.1. The first kappa shape index (κ1) is 17.4. The summed E-state index contributed by atoms with van der Waals surface area (Å²) < 4.78 is 39.2. The van der Waals surface area contributed by atoms with Crippen LogP contribution in [0.15, 0.2) is 30.1 Å². The molecule has 118 valence electrons. The number of alkyl halides is 3. The minimum absolute atomic E-state index is 0.0254. The Morgan fingerprint density at radius 1 is 1.29 bits per heavy atom. The van der Waals surface area contributed by atoms with E-state index in [1.54, 1.807) is 24.1 Å². The zero-order chi connectivity index (χ0) is 16.2. The van der Waals surface area contributed by atoms with Gasteiger partial charge in [-0.3, -0.25) is 0 Å². The summed E-state index contributed by atoms with van der Waals surface area (Å²) >= 11 is 0. The van der Waals surface area contributed by atoms with E-state index in [9.17, 15) is 13.2 Å². The summed E-state index contributed by atoms with van der Waals surface area (Å²) in [5.74, 6) is 0.0254. The van der Waals surface area contributed by atoms with Crippen LogP contribution < -0.4 is 10.6 Å². The van der Waals surface area contributed by atoms with Crippen molar-refractivity contribution in [1.29, 1.82) is 0 Å². The monoisotopic (exact) mass is 300 g/mol. The maximum Gasteiger partial charge on any atom is 0.416 e. The average Bonchev–Trinajstić information content (AvgIpc) is 2.36. The first-order valence-electron chi connectivity index (χ1n) is 7.07. The summed E-state index contributed by atoms with van der Waals surface area (Å²) in [6.45, 7) is 8.08. The summed E-state index contributed by atoms with van der Waals surface area (Å²) in [6, 6.07) is 4.20. The molecule has 0 aliphatic carbocycles. The highest BCUT2D eigenvalue weighted by atomic mass is 19.4. The van der Waals surface area contributed by atoms with Gasteiger partial charge in [-0.1, -0.05) is 20.8 Å². The van der Waals surface area contributed by atoms with Gasteiger partial charge in [0.2, 0.25) is 0 Å². The van der Waals surface area contributed by atoms with E-state index in [4.69, 9.17) is 5.73 Å². The van der Waals surface area contributed by atoms with E-state index in [-0.39, 0.29) is 5.92 Å². The predicted molar refractivity (Wildman–Crippen MR) is 81.1 cm³/mol. The molecule has 0 unspecified atom stereocenters. The third-order valence-electron chi connectivity index (χ3n) is 3.09. The second kappa shape index (κ2) is 6.87. The molecule has 21 heavy (non-hydrogen) atoms. The summed E-state index contributed by atoms with van der Waals surface area (Å²) in [6.07, 6.45) is -1.85. The Hall–Kier alpha value is -1.65. The number of anilines is 1. The highest BCUT2D eigenvalue weighted by Crippen LogP contribution is 2.35. The van der Waals surface area contributed by atoms with E-state index in [2.05, 4.69) is 0 Å². The van der Waals surface area contributed by atoms with Crippen LogP contribution in [0.1, 0.15) is 51.2 Å². The molecule has 0 bridgehead atoms. The van der Waals surface area contributed by atoms with E-state index < -0.39 is 11.7 Å². The van der Waals surface area contributed by atoms with Crippen LogP contribution in [-0.4, -0.2) is 6.54 Å². The number of rotatable bonds is 5. The second-order valence-corrected chi connectivity index (χ2v) is 5.53. The molecule has 0 amide bonds. The molecular formula is C16H23F3N2. The van der Waals surface area contributed by atoms with Crippen molar-refractivity contribution in [2.24, 2.45) is 5.73 Å². The fourth-order valence-electron chi connectivity index (χ4n) is 2.05. The van der Waals surface area contributed by atoms with Crippen molar-refractivity contribution in [1.82, 2.24) is 0 Å². The van der Waals surface area contributed by atoms with Gasteiger partial charge in [0, 0.05) is 24.1 Å². The van der Waals surface area contributed by atoms with Crippen molar-refractivity contribution in [3.8, 4) is 0 Å². The van der Waals surface area contributed by atoms with Crippen LogP contribution in [0.3, 0.4) is 0 Å². The van der Waals surface area contributed by atoms with E-state index >= 15 is 0 Å². The average molecular weight is 300 g/mol. The van der Waals surface area contributed by atoms with E-state index in [1.165, 1.54) is 12.1 Å². The molecule has 1 aromatic carbocycles. The lowest BCUT2D eigenvalue weighted by molar-refractivity contribution is -0.137. The van der Waals surface area contributed by atoms with Gasteiger partial charge in [-0.2, -0.15) is 13.2 Å². The van der Waals surface area contributed by atoms with Crippen LogP contribution in [0.4, 0.5) is 18.9 Å². The molecule has 2 nitrogen and oxygen atoms in total. The Bertz CT molecular complexity index is 501. The SMILES string of the molecule is CCCN(/C=C(/C)N)c1cc(C(C)C)cc(C(F)(F)F)c1. The minimum Gasteiger partial charge on any atom is -0.401 e. The van der Waals surface area contributed by atoms with Crippen molar-refractivity contribution >= 4 is 5.69 Å². The number of benzene rings is 1. The van der Waals surface area contributed by atoms with Gasteiger partial charge in [-0.25, -0.2) is 0 Å². The quantitative estimate of drug-likeness (QED) is 0.841. The van der Waals surface area contributed by atoms with Crippen molar-refractivity contribution in [3.05, 3.63) is 41.2 Å². The Morgan fingerprint density at radius 3 is 2.33 bits per heavy atom. The van der Waals surface area contributed by atoms with Crippen LogP contribution in [0.25, 0.3) is 0 Å². The lowest BCUT2D eigenvalue weighted by Crippen LogP contribution is -2.20. The first-order valence-corrected chi connectivity index (χ1v) is 7.07. The fraction of sp³-hybridized carbons (Fsp3) is 0.500. The molecule has 0 saturated carbocycles. The zero-order valence-electron chi connectivity index (χ0n) is 13.0. The molecule has 5 heteroatoms. The maximum absolute atomic E-state index is 13.1. The number of nitrogens with two attached hydrogens (primary N) is 1. The standard InChI is InChI=1S/C16H23F3N2/c1-5-6-21(10-12(4)20)15-8-13(11(2)3)7-14(9-15)16(17,18)19/h7-11H,5-6,20H2,1-4H3/b12-10-. The molecular weight excluding hydrogens is 277 g/mol. The third kappa shape index (κ3) is 4.99. The first-order chi connectivity index (χ1) is 9.65. The smallest absolute Gasteiger partial charge is 0.401 e. The summed E-state index contributed by atoms with van der Waals surface area (Å²) in [4.78, 5) is 1.77. The lowest BCUT2D eigenvalue weighted by Gasteiger charge is -2.23. The Labute approximate surface area is 124 Å². The van der Waals surface area contributed by atoms with Crippen LogP contribution in [0.5, 0.6) is 0 Å². The van der Waals surface area contributed by atoms with Gasteiger partial charge in [0.1, 0.15) is 0 Å². The Morgan fingerprint density at radius 2 is 1.90 bits per heavy atom. The summed E-state index contributed by atoms with van der Waals surface area (Å²) in [5, 5.41) is 0. The minimum atomic E-state index is -4.35. The molecule has 0 atom stereocenters. The van der Waals surface area contributed by atoms with Crippen molar-refractivity contribution in [3.63, 3.8) is 0 Å². The van der Waals surface area contributed by atoms with Crippen LogP contribution in [0.2, 0.25) is 0 Å². The normalized spacial score (nSPS) is 12.9. The topological polar surface area (TPSA) is 29.3 Å². The van der Waals surface area contributed by atoms with Crippen molar-refractivity contribution in [2.45, 2.75) is 46.2 Å². The van der Waals surface area contributed by atoms with E-state index in [1.807, 2.05) is 20.8 Å². The molecule has 0 radical (unpaired) electrons. The molecule has 0 aliphatic heterocycles. The van der Waals surface area contributed by atoms with E-state index in [0.29, 0.717) is 23.5 Å². The van der Waals surface area contributed by atoms with Gasteiger partial charge in [-0.05, 0) is 43.0 Å². The zero-order valence-corrected chi connectivity index (χ0v) is 13.0. The Kier molecular flexibility index (Phi) is 5.70. The van der Waals surface area contributed by atoms with Gasteiger partial charge in [0.05, 0.1) is 5.56 Å². The molecule has 0 spiro atoms. The number of halogens is 3. The number of nitrogens with zero attached hydrogens (tertiary/aromatic N) is 1. The summed E-state index contributed by atoms with van der Waals surface area (Å²) in [5.41, 5.74) is 6.82. The van der Waals surface area contributed by atoms with Crippen LogP contribution in [-0.2, 0) is 6.18 Å². The molecule has 1 rings (SSSR count). The van der Waals surface area contributed by atoms with Gasteiger partial charge < -0.3 is 10.6 Å². The van der Waals surface area contributed by atoms with Gasteiger partial charge in [0.15, 0.2) is 0 Å². The lowest BCUT2D eigenvalue weighted by atomic mass is 9.99. The van der Waals surface area contributed by atoms with Gasteiger partial charge >= 0.3 is 6.18 Å². The van der Waals surface area contributed by atoms with Crippen LogP contribution in [0, 0.1) is 0 Å². The predicted octanol–water partition coefficient (Wildman–Crippen LogP) is 4.87. The van der Waals surface area contributed by atoms with Crippen molar-refractivity contribution in [2.75, 3.05) is 11.4 Å².